The van der Waals surface area contributed by atoms with E-state index in [1.807, 2.05) is 17.0 Å². The molecule has 0 aliphatic carbocycles. The average molecular weight is 321 g/mol. The van der Waals surface area contributed by atoms with Gasteiger partial charge in [-0.25, -0.2) is 4.79 Å². The van der Waals surface area contributed by atoms with Crippen molar-refractivity contribution in [1.29, 1.82) is 0 Å². The molecule has 2 amide bonds. The van der Waals surface area contributed by atoms with Gasteiger partial charge in [0.2, 0.25) is 0 Å². The quantitative estimate of drug-likeness (QED) is 0.783. The van der Waals surface area contributed by atoms with E-state index in [2.05, 4.69) is 24.1 Å². The Kier molecular flexibility index (Phi) is 7.13. The SMILES string of the molecule is CC(C)CNC(=O)N1CCC(OCCOc2cccnc2)CC1. The van der Waals surface area contributed by atoms with Crippen LogP contribution >= 0.6 is 0 Å². The highest BCUT2D eigenvalue weighted by atomic mass is 16.5. The lowest BCUT2D eigenvalue weighted by atomic mass is 10.1. The van der Waals surface area contributed by atoms with E-state index < -0.39 is 0 Å². The van der Waals surface area contributed by atoms with E-state index >= 15 is 0 Å². The standard InChI is InChI=1S/C17H27N3O3/c1-14(2)12-19-17(21)20-8-5-15(6-9-20)22-10-11-23-16-4-3-7-18-13-16/h3-4,7,13-15H,5-6,8-12H2,1-2H3,(H,19,21). The van der Waals surface area contributed by atoms with E-state index in [9.17, 15) is 4.79 Å². The van der Waals surface area contributed by atoms with Gasteiger partial charge in [0, 0.05) is 25.8 Å². The number of aromatic nitrogens is 1. The summed E-state index contributed by atoms with van der Waals surface area (Å²) in [5.74, 6) is 1.23. The number of ether oxygens (including phenoxy) is 2. The first-order valence-corrected chi connectivity index (χ1v) is 8.32. The normalized spacial score (nSPS) is 15.7. The lowest BCUT2D eigenvalue weighted by Gasteiger charge is -2.32. The van der Waals surface area contributed by atoms with Crippen molar-refractivity contribution in [1.82, 2.24) is 15.2 Å². The minimum atomic E-state index is 0.0389. The van der Waals surface area contributed by atoms with Crippen molar-refractivity contribution in [3.05, 3.63) is 24.5 Å². The minimum Gasteiger partial charge on any atom is -0.490 e. The number of piperidine rings is 1. The van der Waals surface area contributed by atoms with Crippen LogP contribution in [0.2, 0.25) is 0 Å². The highest BCUT2D eigenvalue weighted by Crippen LogP contribution is 2.14. The number of urea groups is 1. The fourth-order valence-corrected chi connectivity index (χ4v) is 2.44. The maximum Gasteiger partial charge on any atom is 0.317 e. The third kappa shape index (κ3) is 6.44. The Bertz CT molecular complexity index is 459. The molecule has 0 spiro atoms. The molecular formula is C17H27N3O3. The van der Waals surface area contributed by atoms with Gasteiger partial charge in [-0.2, -0.15) is 0 Å². The number of carbonyl (C=O) groups excluding carboxylic acids is 1. The molecule has 1 aromatic heterocycles. The van der Waals surface area contributed by atoms with Gasteiger partial charge >= 0.3 is 6.03 Å². The predicted molar refractivity (Wildman–Crippen MR) is 88.5 cm³/mol. The smallest absolute Gasteiger partial charge is 0.317 e. The fraction of sp³-hybridized carbons (Fsp3) is 0.647. The van der Waals surface area contributed by atoms with Gasteiger partial charge in [-0.1, -0.05) is 13.8 Å². The second kappa shape index (κ2) is 9.35. The monoisotopic (exact) mass is 321 g/mol. The van der Waals surface area contributed by atoms with Crippen LogP contribution in [0.5, 0.6) is 5.75 Å². The Morgan fingerprint density at radius 1 is 1.39 bits per heavy atom. The number of amides is 2. The molecule has 2 rings (SSSR count). The summed E-state index contributed by atoms with van der Waals surface area (Å²) < 4.78 is 11.4. The van der Waals surface area contributed by atoms with Crippen LogP contribution in [0.25, 0.3) is 0 Å². The van der Waals surface area contributed by atoms with Crippen molar-refractivity contribution in [2.24, 2.45) is 5.92 Å². The van der Waals surface area contributed by atoms with E-state index in [-0.39, 0.29) is 12.1 Å². The van der Waals surface area contributed by atoms with E-state index in [1.54, 1.807) is 12.4 Å². The topological polar surface area (TPSA) is 63.7 Å². The first kappa shape index (κ1) is 17.5. The third-order valence-electron chi connectivity index (χ3n) is 3.73. The number of hydrogen-bond donors (Lipinski definition) is 1. The summed E-state index contributed by atoms with van der Waals surface area (Å²) in [4.78, 5) is 17.8. The molecule has 1 aliphatic heterocycles. The summed E-state index contributed by atoms with van der Waals surface area (Å²) >= 11 is 0. The summed E-state index contributed by atoms with van der Waals surface area (Å²) in [5.41, 5.74) is 0. The Morgan fingerprint density at radius 2 is 2.17 bits per heavy atom. The van der Waals surface area contributed by atoms with Crippen molar-refractivity contribution < 1.29 is 14.3 Å². The molecule has 1 aliphatic rings. The number of nitrogens with one attached hydrogen (secondary N) is 1. The fourth-order valence-electron chi connectivity index (χ4n) is 2.44. The first-order chi connectivity index (χ1) is 11.1. The number of carbonyl (C=O) groups is 1. The van der Waals surface area contributed by atoms with Crippen LogP contribution in [0.4, 0.5) is 4.79 Å². The van der Waals surface area contributed by atoms with E-state index in [0.29, 0.717) is 19.1 Å². The second-order valence-corrected chi connectivity index (χ2v) is 6.17. The molecule has 1 fully saturated rings. The van der Waals surface area contributed by atoms with Crippen molar-refractivity contribution in [3.8, 4) is 5.75 Å². The van der Waals surface area contributed by atoms with Gasteiger partial charge in [-0.3, -0.25) is 4.98 Å². The Balaban J connectivity index is 1.57. The van der Waals surface area contributed by atoms with Gasteiger partial charge in [-0.05, 0) is 30.9 Å². The second-order valence-electron chi connectivity index (χ2n) is 6.17. The average Bonchev–Trinajstić information content (AvgIpc) is 2.58. The highest BCUT2D eigenvalue weighted by molar-refractivity contribution is 5.74. The lowest BCUT2D eigenvalue weighted by Crippen LogP contribution is -2.46. The van der Waals surface area contributed by atoms with Crippen LogP contribution in [-0.2, 0) is 4.74 Å². The summed E-state index contributed by atoms with van der Waals surface area (Å²) in [6.45, 7) is 7.47. The Hall–Kier alpha value is -1.82. The number of pyridine rings is 1. The minimum absolute atomic E-state index is 0.0389. The molecule has 0 saturated carbocycles. The maximum absolute atomic E-state index is 12.0. The van der Waals surface area contributed by atoms with Crippen LogP contribution in [-0.4, -0.2) is 54.9 Å². The van der Waals surface area contributed by atoms with Gasteiger partial charge in [-0.15, -0.1) is 0 Å². The van der Waals surface area contributed by atoms with Gasteiger partial charge < -0.3 is 19.7 Å². The number of hydrogen-bond acceptors (Lipinski definition) is 4. The molecular weight excluding hydrogens is 294 g/mol. The molecule has 2 heterocycles. The zero-order chi connectivity index (χ0) is 16.5. The number of rotatable bonds is 7. The first-order valence-electron chi connectivity index (χ1n) is 8.32. The number of likely N-dealkylation sites (tertiary alicyclic amines) is 1. The Labute approximate surface area is 138 Å². The molecule has 0 bridgehead atoms. The zero-order valence-corrected chi connectivity index (χ0v) is 14.0. The molecule has 1 N–H and O–H groups in total. The predicted octanol–water partition coefficient (Wildman–Crippen LogP) is 2.31. The zero-order valence-electron chi connectivity index (χ0n) is 14.0. The van der Waals surface area contributed by atoms with E-state index in [4.69, 9.17) is 9.47 Å². The highest BCUT2D eigenvalue weighted by Gasteiger charge is 2.23. The van der Waals surface area contributed by atoms with Gasteiger partial charge in [0.05, 0.1) is 18.9 Å². The maximum atomic E-state index is 12.0. The van der Waals surface area contributed by atoms with Crippen LogP contribution in [0.15, 0.2) is 24.5 Å². The third-order valence-corrected chi connectivity index (χ3v) is 3.73. The molecule has 0 aromatic carbocycles. The van der Waals surface area contributed by atoms with Crippen molar-refractivity contribution in [2.45, 2.75) is 32.8 Å². The van der Waals surface area contributed by atoms with Crippen molar-refractivity contribution in [3.63, 3.8) is 0 Å². The largest absolute Gasteiger partial charge is 0.490 e. The molecule has 23 heavy (non-hydrogen) atoms. The lowest BCUT2D eigenvalue weighted by molar-refractivity contribution is 0.00182. The van der Waals surface area contributed by atoms with Crippen molar-refractivity contribution >= 4 is 6.03 Å². The van der Waals surface area contributed by atoms with Crippen LogP contribution < -0.4 is 10.1 Å². The molecule has 6 heteroatoms. The van der Waals surface area contributed by atoms with Gasteiger partial charge in [0.15, 0.2) is 0 Å². The Morgan fingerprint density at radius 3 is 2.83 bits per heavy atom. The summed E-state index contributed by atoms with van der Waals surface area (Å²) in [6, 6.07) is 3.76. The van der Waals surface area contributed by atoms with Crippen LogP contribution in [0, 0.1) is 5.92 Å². The molecule has 0 radical (unpaired) electrons. The summed E-state index contributed by atoms with van der Waals surface area (Å²) in [7, 11) is 0. The van der Waals surface area contributed by atoms with Crippen LogP contribution in [0.3, 0.4) is 0 Å². The van der Waals surface area contributed by atoms with Gasteiger partial charge in [0.1, 0.15) is 12.4 Å². The molecule has 1 aromatic rings. The molecule has 128 valence electrons. The van der Waals surface area contributed by atoms with Crippen LogP contribution in [0.1, 0.15) is 26.7 Å². The van der Waals surface area contributed by atoms with Gasteiger partial charge in [0.25, 0.3) is 0 Å². The van der Waals surface area contributed by atoms with E-state index in [1.165, 1.54) is 0 Å². The molecule has 0 atom stereocenters. The summed E-state index contributed by atoms with van der Waals surface area (Å²) in [6.07, 6.45) is 5.37. The molecule has 1 saturated heterocycles. The van der Waals surface area contributed by atoms with E-state index in [0.717, 1.165) is 38.2 Å². The number of nitrogens with zero attached hydrogens (tertiary/aromatic N) is 2. The van der Waals surface area contributed by atoms with Crippen molar-refractivity contribution in [2.75, 3.05) is 32.8 Å². The molecule has 6 nitrogen and oxygen atoms in total. The molecule has 0 unspecified atom stereocenters. The summed E-state index contributed by atoms with van der Waals surface area (Å²) in [5, 5.41) is 2.96.